The Morgan fingerprint density at radius 1 is 1.03 bits per heavy atom. The molecule has 0 spiro atoms. The van der Waals surface area contributed by atoms with Gasteiger partial charge < -0.3 is 15.4 Å². The van der Waals surface area contributed by atoms with Crippen LogP contribution in [-0.2, 0) is 14.6 Å². The average Bonchev–Trinajstić information content (AvgIpc) is 2.72. The van der Waals surface area contributed by atoms with Gasteiger partial charge >= 0.3 is 0 Å². The van der Waals surface area contributed by atoms with Crippen LogP contribution in [0.5, 0.6) is 5.75 Å². The van der Waals surface area contributed by atoms with E-state index in [0.717, 1.165) is 24.7 Å². The first-order valence-corrected chi connectivity index (χ1v) is 11.7. The van der Waals surface area contributed by atoms with E-state index in [0.29, 0.717) is 17.9 Å². The first kappa shape index (κ1) is 23.4. The zero-order valence-electron chi connectivity index (χ0n) is 17.5. The first-order valence-electron chi connectivity index (χ1n) is 9.81. The van der Waals surface area contributed by atoms with Crippen LogP contribution in [-0.4, -0.2) is 39.6 Å². The third-order valence-electron chi connectivity index (χ3n) is 4.48. The van der Waals surface area contributed by atoms with E-state index < -0.39 is 9.84 Å². The van der Waals surface area contributed by atoms with Crippen LogP contribution in [0.1, 0.15) is 48.7 Å². The predicted octanol–water partition coefficient (Wildman–Crippen LogP) is 2.88. The van der Waals surface area contributed by atoms with Crippen LogP contribution in [0.4, 0.5) is 0 Å². The summed E-state index contributed by atoms with van der Waals surface area (Å²) in [6, 6.07) is 12.8. The van der Waals surface area contributed by atoms with Gasteiger partial charge in [0.2, 0.25) is 5.91 Å². The second-order valence-electron chi connectivity index (χ2n) is 7.04. The molecule has 0 saturated carbocycles. The molecule has 2 rings (SSSR count). The fraction of sp³-hybridized carbons (Fsp3) is 0.364. The summed E-state index contributed by atoms with van der Waals surface area (Å²) >= 11 is 0. The molecule has 0 aliphatic carbocycles. The number of hydrogen-bond donors (Lipinski definition) is 2. The maximum Gasteiger partial charge on any atom is 0.251 e. The Hall–Kier alpha value is -2.87. The number of unbranched alkanes of at least 4 members (excludes halogenated alkanes) is 1. The number of nitrogens with one attached hydrogen (secondary N) is 2. The lowest BCUT2D eigenvalue weighted by molar-refractivity contribution is -0.120. The van der Waals surface area contributed by atoms with Crippen LogP contribution in [0.3, 0.4) is 0 Å². The van der Waals surface area contributed by atoms with Gasteiger partial charge in [0.1, 0.15) is 5.75 Å². The van der Waals surface area contributed by atoms with Crippen LogP contribution in [0, 0.1) is 0 Å². The minimum Gasteiger partial charge on any atom is -0.494 e. The summed E-state index contributed by atoms with van der Waals surface area (Å²) in [7, 11) is -3.26. The largest absolute Gasteiger partial charge is 0.494 e. The number of ether oxygens (including phenoxy) is 1. The molecule has 7 nitrogen and oxygen atoms in total. The number of benzene rings is 2. The smallest absolute Gasteiger partial charge is 0.251 e. The maximum absolute atomic E-state index is 12.2. The number of carbonyl (C=O) groups excluding carboxylic acids is 2. The van der Waals surface area contributed by atoms with Crippen molar-refractivity contribution in [3.05, 3.63) is 59.7 Å². The van der Waals surface area contributed by atoms with E-state index >= 15 is 0 Å². The Morgan fingerprint density at radius 3 is 2.23 bits per heavy atom. The summed E-state index contributed by atoms with van der Waals surface area (Å²) in [6.45, 7) is 4.34. The molecule has 2 amide bonds. The molecule has 2 aromatic carbocycles. The minimum atomic E-state index is -3.26. The van der Waals surface area contributed by atoms with Crippen LogP contribution in [0.25, 0.3) is 0 Å². The Labute approximate surface area is 177 Å². The molecule has 0 saturated heterocycles. The molecule has 0 heterocycles. The van der Waals surface area contributed by atoms with Crippen molar-refractivity contribution in [1.82, 2.24) is 10.6 Å². The highest BCUT2D eigenvalue weighted by molar-refractivity contribution is 7.90. The SMILES string of the molecule is CCCCOc1ccc(C(=O)NCC(=O)N[C@@H](C)c2ccc(S(C)(=O)=O)cc2)cc1. The van der Waals surface area contributed by atoms with Crippen LogP contribution in [0.2, 0.25) is 0 Å². The predicted molar refractivity (Wildman–Crippen MR) is 115 cm³/mol. The molecule has 0 radical (unpaired) electrons. The lowest BCUT2D eigenvalue weighted by atomic mass is 10.1. The fourth-order valence-electron chi connectivity index (χ4n) is 2.68. The van der Waals surface area contributed by atoms with Crippen molar-refractivity contribution in [2.45, 2.75) is 37.6 Å². The van der Waals surface area contributed by atoms with Gasteiger partial charge in [-0.3, -0.25) is 9.59 Å². The fourth-order valence-corrected chi connectivity index (χ4v) is 3.31. The molecular formula is C22H28N2O5S. The van der Waals surface area contributed by atoms with Gasteiger partial charge in [-0.2, -0.15) is 0 Å². The molecule has 2 N–H and O–H groups in total. The zero-order valence-corrected chi connectivity index (χ0v) is 18.3. The highest BCUT2D eigenvalue weighted by Crippen LogP contribution is 2.16. The van der Waals surface area contributed by atoms with E-state index in [9.17, 15) is 18.0 Å². The third-order valence-corrected chi connectivity index (χ3v) is 5.61. The van der Waals surface area contributed by atoms with Gasteiger partial charge in [0.15, 0.2) is 9.84 Å². The normalized spacial score (nSPS) is 12.1. The van der Waals surface area contributed by atoms with Crippen molar-refractivity contribution in [3.8, 4) is 5.75 Å². The van der Waals surface area contributed by atoms with Crippen LogP contribution < -0.4 is 15.4 Å². The molecule has 0 aromatic heterocycles. The second-order valence-corrected chi connectivity index (χ2v) is 9.06. The highest BCUT2D eigenvalue weighted by atomic mass is 32.2. The van der Waals surface area contributed by atoms with Crippen molar-refractivity contribution < 1.29 is 22.7 Å². The van der Waals surface area contributed by atoms with Crippen molar-refractivity contribution in [2.24, 2.45) is 0 Å². The quantitative estimate of drug-likeness (QED) is 0.562. The molecule has 162 valence electrons. The molecule has 0 bridgehead atoms. The average molecular weight is 433 g/mol. The second kappa shape index (κ2) is 10.8. The van der Waals surface area contributed by atoms with Crippen molar-refractivity contribution >= 4 is 21.7 Å². The Bertz CT molecular complexity index is 954. The molecule has 1 atom stereocenters. The van der Waals surface area contributed by atoms with Crippen molar-refractivity contribution in [1.29, 1.82) is 0 Å². The summed E-state index contributed by atoms with van der Waals surface area (Å²) in [6.07, 6.45) is 3.16. The Morgan fingerprint density at radius 2 is 1.67 bits per heavy atom. The number of carbonyl (C=O) groups is 2. The monoisotopic (exact) mass is 432 g/mol. The third kappa shape index (κ3) is 7.18. The van der Waals surface area contributed by atoms with E-state index in [1.807, 2.05) is 0 Å². The lowest BCUT2D eigenvalue weighted by Gasteiger charge is -2.15. The van der Waals surface area contributed by atoms with Gasteiger partial charge in [0, 0.05) is 11.8 Å². The molecule has 0 aliphatic heterocycles. The molecule has 0 unspecified atom stereocenters. The van der Waals surface area contributed by atoms with Gasteiger partial charge in [0.05, 0.1) is 24.1 Å². The highest BCUT2D eigenvalue weighted by Gasteiger charge is 2.13. The van der Waals surface area contributed by atoms with E-state index in [-0.39, 0.29) is 29.3 Å². The molecule has 8 heteroatoms. The Kier molecular flexibility index (Phi) is 8.41. The van der Waals surface area contributed by atoms with E-state index in [1.165, 1.54) is 12.1 Å². The molecular weight excluding hydrogens is 404 g/mol. The first-order chi connectivity index (χ1) is 14.2. The minimum absolute atomic E-state index is 0.167. The summed E-state index contributed by atoms with van der Waals surface area (Å²) in [5, 5.41) is 5.36. The number of sulfone groups is 1. The van der Waals surface area contributed by atoms with Gasteiger partial charge in [0.25, 0.3) is 5.91 Å². The van der Waals surface area contributed by atoms with E-state index in [4.69, 9.17) is 4.74 Å². The maximum atomic E-state index is 12.2. The van der Waals surface area contributed by atoms with Gasteiger partial charge in [-0.1, -0.05) is 25.5 Å². The zero-order chi connectivity index (χ0) is 22.1. The summed E-state index contributed by atoms with van der Waals surface area (Å²) in [5.41, 5.74) is 1.20. The molecule has 30 heavy (non-hydrogen) atoms. The van der Waals surface area contributed by atoms with Crippen molar-refractivity contribution in [2.75, 3.05) is 19.4 Å². The van der Waals surface area contributed by atoms with Gasteiger partial charge in [-0.05, 0) is 55.3 Å². The standard InChI is InChI=1S/C22H28N2O5S/c1-4-5-14-29-19-10-6-18(7-11-19)22(26)23-15-21(25)24-16(2)17-8-12-20(13-9-17)30(3,27)28/h6-13,16H,4-5,14-15H2,1-3H3,(H,23,26)(H,24,25)/t16-/m0/s1. The van der Waals surface area contributed by atoms with Crippen molar-refractivity contribution in [3.63, 3.8) is 0 Å². The number of amides is 2. The van der Waals surface area contributed by atoms with Gasteiger partial charge in [-0.25, -0.2) is 8.42 Å². The number of rotatable bonds is 10. The summed E-state index contributed by atoms with van der Waals surface area (Å²) < 4.78 is 28.6. The van der Waals surface area contributed by atoms with Crippen LogP contribution >= 0.6 is 0 Å². The molecule has 0 aliphatic rings. The lowest BCUT2D eigenvalue weighted by Crippen LogP contribution is -2.38. The summed E-state index contributed by atoms with van der Waals surface area (Å²) in [5.74, 6) is 0.00596. The Balaban J connectivity index is 1.82. The van der Waals surface area contributed by atoms with Gasteiger partial charge in [-0.15, -0.1) is 0 Å². The van der Waals surface area contributed by atoms with Crippen LogP contribution in [0.15, 0.2) is 53.4 Å². The number of hydrogen-bond acceptors (Lipinski definition) is 5. The molecule has 2 aromatic rings. The van der Waals surface area contributed by atoms with E-state index in [2.05, 4.69) is 17.6 Å². The van der Waals surface area contributed by atoms with E-state index in [1.54, 1.807) is 43.3 Å². The topological polar surface area (TPSA) is 102 Å². The summed E-state index contributed by atoms with van der Waals surface area (Å²) in [4.78, 5) is 24.6. The molecule has 0 fully saturated rings.